The third-order valence-electron chi connectivity index (χ3n) is 6.88. The van der Waals surface area contributed by atoms with Crippen molar-refractivity contribution in [1.82, 2.24) is 0 Å². The van der Waals surface area contributed by atoms with Crippen LogP contribution in [0.15, 0.2) is 36.5 Å². The quantitative estimate of drug-likeness (QED) is 0.640. The predicted molar refractivity (Wildman–Crippen MR) is 99.0 cm³/mol. The first-order chi connectivity index (χ1) is 11.7. The number of allylic oxidation sites excluding steroid dienone is 1. The van der Waals surface area contributed by atoms with Gasteiger partial charge in [0.1, 0.15) is 0 Å². The van der Waals surface area contributed by atoms with Crippen molar-refractivity contribution in [3.05, 3.63) is 36.5 Å². The lowest BCUT2D eigenvalue weighted by molar-refractivity contribution is -0.162. The Labute approximate surface area is 151 Å². The van der Waals surface area contributed by atoms with E-state index in [4.69, 9.17) is 5.11 Å². The second kappa shape index (κ2) is 7.46. The van der Waals surface area contributed by atoms with Crippen LogP contribution in [-0.4, -0.2) is 34.0 Å². The van der Waals surface area contributed by atoms with Gasteiger partial charge >= 0.3 is 5.97 Å². The number of aliphatic carboxylic acids is 1. The van der Waals surface area contributed by atoms with Gasteiger partial charge in [-0.05, 0) is 61.9 Å². The van der Waals surface area contributed by atoms with Crippen LogP contribution in [0.5, 0.6) is 0 Å². The molecule has 0 amide bonds. The van der Waals surface area contributed by atoms with E-state index in [-0.39, 0.29) is 23.9 Å². The lowest BCUT2D eigenvalue weighted by Crippen LogP contribution is -2.56. The summed E-state index contributed by atoms with van der Waals surface area (Å²) < 4.78 is 0. The molecular formula is C21H32O4. The Kier molecular flexibility index (Phi) is 5.95. The second-order valence-electron chi connectivity index (χ2n) is 8.11. The predicted octanol–water partition coefficient (Wildman–Crippen LogP) is 3.71. The monoisotopic (exact) mass is 348 g/mol. The molecule has 2 saturated carbocycles. The second-order valence-corrected chi connectivity index (χ2v) is 8.11. The van der Waals surface area contributed by atoms with Crippen molar-refractivity contribution in [2.24, 2.45) is 22.7 Å². The van der Waals surface area contributed by atoms with Crippen molar-refractivity contribution in [1.29, 1.82) is 0 Å². The zero-order valence-electron chi connectivity index (χ0n) is 15.5. The minimum Gasteiger partial charge on any atom is -0.481 e. The molecule has 0 spiro atoms. The molecule has 2 aliphatic carbocycles. The molecule has 3 N–H and O–H groups in total. The number of aliphatic hydroxyl groups is 2. The molecule has 0 saturated heterocycles. The maximum atomic E-state index is 12.1. The molecule has 2 rings (SSSR count). The van der Waals surface area contributed by atoms with Crippen LogP contribution in [0.25, 0.3) is 0 Å². The summed E-state index contributed by atoms with van der Waals surface area (Å²) in [6.45, 7) is 12.2. The number of fused-ring (bicyclic) bond motifs is 1. The fourth-order valence-corrected chi connectivity index (χ4v) is 5.36. The van der Waals surface area contributed by atoms with E-state index < -0.39 is 17.5 Å². The minimum absolute atomic E-state index is 0.0263. The molecular weight excluding hydrogens is 316 g/mol. The molecule has 0 radical (unpaired) electrons. The zero-order chi connectivity index (χ0) is 18.8. The summed E-state index contributed by atoms with van der Waals surface area (Å²) in [5.41, 5.74) is 0.768. The topological polar surface area (TPSA) is 77.8 Å². The summed E-state index contributed by atoms with van der Waals surface area (Å²) in [5, 5.41) is 29.6. The van der Waals surface area contributed by atoms with Crippen LogP contribution >= 0.6 is 0 Å². The van der Waals surface area contributed by atoms with Crippen LogP contribution in [0, 0.1) is 22.7 Å². The number of aliphatic hydroxyl groups excluding tert-OH is 2. The van der Waals surface area contributed by atoms with Gasteiger partial charge in [0, 0.05) is 0 Å². The van der Waals surface area contributed by atoms with Gasteiger partial charge in [-0.15, -0.1) is 6.58 Å². The van der Waals surface area contributed by atoms with Crippen molar-refractivity contribution in [2.45, 2.75) is 58.5 Å². The van der Waals surface area contributed by atoms with Crippen LogP contribution in [0.1, 0.15) is 52.4 Å². The first-order valence-corrected chi connectivity index (χ1v) is 9.23. The molecule has 2 unspecified atom stereocenters. The smallest absolute Gasteiger partial charge is 0.313 e. The molecule has 4 nitrogen and oxygen atoms in total. The van der Waals surface area contributed by atoms with Gasteiger partial charge in [0.25, 0.3) is 0 Å². The van der Waals surface area contributed by atoms with E-state index in [0.717, 1.165) is 36.8 Å². The standard InChI is InChI=1S/C21H32O4/c1-5-21(19(24)25)11-6-10-20(4)16(8-7-14(2)9-12-22)15(3)17(23)13-18(20)21/h5,9,16-18,22-23H,1,3,6-8,10-13H2,2,4H3,(H,24,25)/b14-9+/t16-,17?,18?,20+,21-/m0/s1. The molecule has 0 aliphatic heterocycles. The normalized spacial score (nSPS) is 39.0. The SMILES string of the molecule is C=C[C@]1(C(=O)O)CCC[C@@]2(C)C1CC(O)C(=C)[C@@H]2CC/C(C)=C/CO. The first-order valence-electron chi connectivity index (χ1n) is 9.23. The van der Waals surface area contributed by atoms with E-state index in [9.17, 15) is 15.0 Å². The Bertz CT molecular complexity index is 578. The van der Waals surface area contributed by atoms with Crippen molar-refractivity contribution >= 4 is 5.97 Å². The number of hydrogen-bond donors (Lipinski definition) is 3. The molecule has 0 bridgehead atoms. The van der Waals surface area contributed by atoms with Crippen LogP contribution in [0.3, 0.4) is 0 Å². The molecule has 140 valence electrons. The molecule has 5 atom stereocenters. The Balaban J connectivity index is 2.39. The van der Waals surface area contributed by atoms with Crippen molar-refractivity contribution in [3.63, 3.8) is 0 Å². The number of hydrogen-bond acceptors (Lipinski definition) is 3. The molecule has 0 aromatic rings. The summed E-state index contributed by atoms with van der Waals surface area (Å²) in [4.78, 5) is 12.1. The van der Waals surface area contributed by atoms with Gasteiger partial charge in [-0.3, -0.25) is 4.79 Å². The number of carboxylic acids is 1. The molecule has 2 aliphatic rings. The molecule has 2 fully saturated rings. The number of carbonyl (C=O) groups is 1. The average molecular weight is 348 g/mol. The highest BCUT2D eigenvalue weighted by atomic mass is 16.4. The molecule has 0 aromatic carbocycles. The van der Waals surface area contributed by atoms with Gasteiger partial charge in [0.05, 0.1) is 18.1 Å². The third kappa shape index (κ3) is 3.34. The van der Waals surface area contributed by atoms with Gasteiger partial charge in [-0.25, -0.2) is 0 Å². The Hall–Kier alpha value is -1.39. The van der Waals surface area contributed by atoms with Gasteiger partial charge in [-0.1, -0.05) is 37.6 Å². The van der Waals surface area contributed by atoms with E-state index in [1.807, 2.05) is 6.92 Å². The molecule has 4 heteroatoms. The fraction of sp³-hybridized carbons (Fsp3) is 0.667. The van der Waals surface area contributed by atoms with Crippen LogP contribution in [0.4, 0.5) is 0 Å². The summed E-state index contributed by atoms with van der Waals surface area (Å²) in [7, 11) is 0. The highest BCUT2D eigenvalue weighted by Gasteiger charge is 2.59. The summed E-state index contributed by atoms with van der Waals surface area (Å²) in [6.07, 6.45) is 7.18. The maximum Gasteiger partial charge on any atom is 0.313 e. The molecule has 25 heavy (non-hydrogen) atoms. The number of carboxylic acid groups (broad SMARTS) is 1. The fourth-order valence-electron chi connectivity index (χ4n) is 5.36. The van der Waals surface area contributed by atoms with Crippen LogP contribution in [0.2, 0.25) is 0 Å². The largest absolute Gasteiger partial charge is 0.481 e. The van der Waals surface area contributed by atoms with Crippen molar-refractivity contribution < 1.29 is 20.1 Å². The van der Waals surface area contributed by atoms with Crippen molar-refractivity contribution in [3.8, 4) is 0 Å². The zero-order valence-corrected chi connectivity index (χ0v) is 15.5. The Morgan fingerprint density at radius 1 is 1.40 bits per heavy atom. The third-order valence-corrected chi connectivity index (χ3v) is 6.88. The Morgan fingerprint density at radius 2 is 2.08 bits per heavy atom. The first kappa shape index (κ1) is 19.9. The summed E-state index contributed by atoms with van der Waals surface area (Å²) in [6, 6.07) is 0. The van der Waals surface area contributed by atoms with Gasteiger partial charge in [0.15, 0.2) is 0 Å². The van der Waals surface area contributed by atoms with E-state index in [0.29, 0.717) is 12.8 Å². The highest BCUT2D eigenvalue weighted by Crippen LogP contribution is 2.62. The van der Waals surface area contributed by atoms with Gasteiger partial charge in [-0.2, -0.15) is 0 Å². The van der Waals surface area contributed by atoms with E-state index >= 15 is 0 Å². The Morgan fingerprint density at radius 3 is 2.64 bits per heavy atom. The molecule has 0 heterocycles. The van der Waals surface area contributed by atoms with E-state index in [1.54, 1.807) is 12.2 Å². The average Bonchev–Trinajstić information content (AvgIpc) is 2.55. The lowest BCUT2D eigenvalue weighted by Gasteiger charge is -2.58. The van der Waals surface area contributed by atoms with Crippen molar-refractivity contribution in [2.75, 3.05) is 6.61 Å². The van der Waals surface area contributed by atoms with Crippen LogP contribution < -0.4 is 0 Å². The van der Waals surface area contributed by atoms with Crippen LogP contribution in [-0.2, 0) is 4.79 Å². The summed E-state index contributed by atoms with van der Waals surface area (Å²) >= 11 is 0. The maximum absolute atomic E-state index is 12.1. The molecule has 0 aromatic heterocycles. The number of rotatable bonds is 6. The lowest BCUT2D eigenvalue weighted by atomic mass is 9.45. The van der Waals surface area contributed by atoms with E-state index in [2.05, 4.69) is 20.1 Å². The van der Waals surface area contributed by atoms with Gasteiger partial charge < -0.3 is 15.3 Å². The minimum atomic E-state index is -0.969. The van der Waals surface area contributed by atoms with E-state index in [1.165, 1.54) is 0 Å². The van der Waals surface area contributed by atoms with Gasteiger partial charge in [0.2, 0.25) is 0 Å². The summed E-state index contributed by atoms with van der Waals surface area (Å²) in [5.74, 6) is -0.896. The highest BCUT2D eigenvalue weighted by molar-refractivity contribution is 5.78.